The summed E-state index contributed by atoms with van der Waals surface area (Å²) in [5.74, 6) is 0. The predicted octanol–water partition coefficient (Wildman–Crippen LogP) is 3.73. The van der Waals surface area contributed by atoms with Crippen molar-refractivity contribution in [3.63, 3.8) is 0 Å². The van der Waals surface area contributed by atoms with Crippen molar-refractivity contribution in [1.82, 2.24) is 0 Å². The molecule has 2 fully saturated rings. The van der Waals surface area contributed by atoms with E-state index in [-0.39, 0.29) is 30.5 Å². The second-order valence-electron chi connectivity index (χ2n) is 7.12. The van der Waals surface area contributed by atoms with Gasteiger partial charge in [0.1, 0.15) is 18.3 Å². The minimum Gasteiger partial charge on any atom is -0.374 e. The SMILES string of the molecule is C[C@H]1C[C@H]2O[C@@H](COCc3ccccc3)[C@@H](OCc3ccccc3)[C@H]2O1. The normalized spacial score (nSPS) is 30.4. The van der Waals surface area contributed by atoms with Crippen molar-refractivity contribution in [2.24, 2.45) is 0 Å². The lowest BCUT2D eigenvalue weighted by molar-refractivity contribution is -0.0992. The second-order valence-corrected chi connectivity index (χ2v) is 7.12. The molecule has 4 nitrogen and oxygen atoms in total. The van der Waals surface area contributed by atoms with Gasteiger partial charge in [0.2, 0.25) is 0 Å². The molecule has 0 radical (unpaired) electrons. The Morgan fingerprint density at radius 2 is 1.54 bits per heavy atom. The number of benzene rings is 2. The Morgan fingerprint density at radius 1 is 0.885 bits per heavy atom. The Balaban J connectivity index is 1.36. The van der Waals surface area contributed by atoms with Gasteiger partial charge in [-0.05, 0) is 18.1 Å². The van der Waals surface area contributed by atoms with Gasteiger partial charge in [-0.25, -0.2) is 0 Å². The van der Waals surface area contributed by atoms with Crippen LogP contribution in [0.3, 0.4) is 0 Å². The van der Waals surface area contributed by atoms with Gasteiger partial charge in [0.15, 0.2) is 0 Å². The zero-order chi connectivity index (χ0) is 17.8. The molecule has 2 saturated heterocycles. The van der Waals surface area contributed by atoms with Crippen LogP contribution in [-0.2, 0) is 32.2 Å². The highest BCUT2D eigenvalue weighted by Crippen LogP contribution is 2.36. The molecule has 4 heteroatoms. The summed E-state index contributed by atoms with van der Waals surface area (Å²) in [6.45, 7) is 3.75. The van der Waals surface area contributed by atoms with E-state index in [2.05, 4.69) is 31.2 Å². The van der Waals surface area contributed by atoms with Gasteiger partial charge < -0.3 is 18.9 Å². The molecule has 2 aromatic rings. The van der Waals surface area contributed by atoms with E-state index in [1.165, 1.54) is 0 Å². The topological polar surface area (TPSA) is 36.9 Å². The van der Waals surface area contributed by atoms with E-state index in [0.717, 1.165) is 17.5 Å². The van der Waals surface area contributed by atoms with Crippen LogP contribution in [0.4, 0.5) is 0 Å². The van der Waals surface area contributed by atoms with Crippen molar-refractivity contribution in [3.8, 4) is 0 Å². The molecule has 2 aliphatic rings. The van der Waals surface area contributed by atoms with Crippen LogP contribution < -0.4 is 0 Å². The van der Waals surface area contributed by atoms with Crippen molar-refractivity contribution in [2.45, 2.75) is 57.1 Å². The maximum atomic E-state index is 6.24. The highest BCUT2D eigenvalue weighted by atomic mass is 16.6. The fourth-order valence-corrected chi connectivity index (χ4v) is 3.78. The van der Waals surface area contributed by atoms with Crippen LogP contribution in [-0.4, -0.2) is 37.1 Å². The Kier molecular flexibility index (Phi) is 5.65. The lowest BCUT2D eigenvalue weighted by atomic mass is 10.1. The zero-order valence-electron chi connectivity index (χ0n) is 15.1. The number of ether oxygens (including phenoxy) is 4. The first-order valence-corrected chi connectivity index (χ1v) is 9.38. The maximum absolute atomic E-state index is 6.24. The van der Waals surface area contributed by atoms with Crippen LogP contribution in [0.2, 0.25) is 0 Å². The van der Waals surface area contributed by atoms with E-state index >= 15 is 0 Å². The molecule has 26 heavy (non-hydrogen) atoms. The third-order valence-corrected chi connectivity index (χ3v) is 5.04. The van der Waals surface area contributed by atoms with Gasteiger partial charge in [0.25, 0.3) is 0 Å². The third-order valence-electron chi connectivity index (χ3n) is 5.04. The molecule has 2 aromatic carbocycles. The highest BCUT2D eigenvalue weighted by Gasteiger charge is 2.50. The summed E-state index contributed by atoms with van der Waals surface area (Å²) < 4.78 is 24.4. The zero-order valence-corrected chi connectivity index (χ0v) is 15.1. The number of rotatable bonds is 7. The lowest BCUT2D eigenvalue weighted by Crippen LogP contribution is -2.37. The Bertz CT molecular complexity index is 675. The average molecular weight is 354 g/mol. The standard InChI is InChI=1S/C22H26O4/c1-16-12-19-22(25-16)21(24-14-18-10-6-3-7-11-18)20(26-19)15-23-13-17-8-4-2-5-9-17/h2-11,16,19-22H,12-15H2,1H3/t16-,19+,20-,21+,22-/m0/s1. The van der Waals surface area contributed by atoms with Crippen LogP contribution in [0.15, 0.2) is 60.7 Å². The van der Waals surface area contributed by atoms with Crippen molar-refractivity contribution < 1.29 is 18.9 Å². The number of fused-ring (bicyclic) bond motifs is 1. The molecule has 138 valence electrons. The maximum Gasteiger partial charge on any atom is 0.115 e. The van der Waals surface area contributed by atoms with Gasteiger partial charge >= 0.3 is 0 Å². The van der Waals surface area contributed by atoms with Crippen molar-refractivity contribution >= 4 is 0 Å². The molecule has 0 aliphatic carbocycles. The summed E-state index contributed by atoms with van der Waals surface area (Å²) in [7, 11) is 0. The molecule has 0 bridgehead atoms. The molecule has 4 rings (SSSR count). The third kappa shape index (κ3) is 4.15. The first-order chi connectivity index (χ1) is 12.8. The molecule has 2 aliphatic heterocycles. The smallest absolute Gasteiger partial charge is 0.115 e. The molecule has 0 N–H and O–H groups in total. The molecular weight excluding hydrogens is 328 g/mol. The largest absolute Gasteiger partial charge is 0.374 e. The van der Waals surface area contributed by atoms with Crippen LogP contribution in [0.5, 0.6) is 0 Å². The molecule has 0 saturated carbocycles. The van der Waals surface area contributed by atoms with Crippen LogP contribution in [0.25, 0.3) is 0 Å². The molecule has 5 atom stereocenters. The highest BCUT2D eigenvalue weighted by molar-refractivity contribution is 5.14. The van der Waals surface area contributed by atoms with Gasteiger partial charge in [-0.15, -0.1) is 0 Å². The molecule has 0 unspecified atom stereocenters. The van der Waals surface area contributed by atoms with Crippen LogP contribution in [0.1, 0.15) is 24.5 Å². The fourth-order valence-electron chi connectivity index (χ4n) is 3.78. The van der Waals surface area contributed by atoms with E-state index < -0.39 is 0 Å². The number of hydrogen-bond acceptors (Lipinski definition) is 4. The minimum atomic E-state index is -0.0964. The first kappa shape index (κ1) is 17.7. The van der Waals surface area contributed by atoms with Gasteiger partial charge in [-0.2, -0.15) is 0 Å². The van der Waals surface area contributed by atoms with Crippen LogP contribution in [0, 0.1) is 0 Å². The summed E-state index contributed by atoms with van der Waals surface area (Å²) in [5.41, 5.74) is 2.32. The molecule has 0 aromatic heterocycles. The van der Waals surface area contributed by atoms with Gasteiger partial charge in [0.05, 0.1) is 32.0 Å². The van der Waals surface area contributed by atoms with Gasteiger partial charge in [-0.3, -0.25) is 0 Å². The summed E-state index contributed by atoms with van der Waals surface area (Å²) in [4.78, 5) is 0. The average Bonchev–Trinajstić information content (AvgIpc) is 3.17. The molecular formula is C22H26O4. The molecule has 0 spiro atoms. The van der Waals surface area contributed by atoms with Crippen LogP contribution >= 0.6 is 0 Å². The van der Waals surface area contributed by atoms with E-state index in [4.69, 9.17) is 18.9 Å². The summed E-state index contributed by atoms with van der Waals surface area (Å²) in [5, 5.41) is 0. The first-order valence-electron chi connectivity index (χ1n) is 9.38. The van der Waals surface area contributed by atoms with E-state index in [1.54, 1.807) is 0 Å². The Labute approximate surface area is 155 Å². The van der Waals surface area contributed by atoms with Crippen molar-refractivity contribution in [2.75, 3.05) is 6.61 Å². The minimum absolute atomic E-state index is 0.000891. The van der Waals surface area contributed by atoms with Gasteiger partial charge in [0, 0.05) is 6.42 Å². The Hall–Kier alpha value is -1.72. The second kappa shape index (κ2) is 8.31. The van der Waals surface area contributed by atoms with Gasteiger partial charge in [-0.1, -0.05) is 60.7 Å². The quantitative estimate of drug-likeness (QED) is 0.759. The summed E-state index contributed by atoms with van der Waals surface area (Å²) >= 11 is 0. The summed E-state index contributed by atoms with van der Waals surface area (Å²) in [6.07, 6.45) is 1.06. The van der Waals surface area contributed by atoms with E-state index in [0.29, 0.717) is 19.8 Å². The van der Waals surface area contributed by atoms with E-state index in [9.17, 15) is 0 Å². The fraction of sp³-hybridized carbons (Fsp3) is 0.455. The Morgan fingerprint density at radius 3 is 2.23 bits per heavy atom. The summed E-state index contributed by atoms with van der Waals surface area (Å²) in [6, 6.07) is 20.4. The van der Waals surface area contributed by atoms with Crippen molar-refractivity contribution in [1.29, 1.82) is 0 Å². The monoisotopic (exact) mass is 354 g/mol. The molecule has 0 amide bonds. The molecule has 2 heterocycles. The van der Waals surface area contributed by atoms with Crippen molar-refractivity contribution in [3.05, 3.63) is 71.8 Å². The predicted molar refractivity (Wildman–Crippen MR) is 98.7 cm³/mol. The lowest BCUT2D eigenvalue weighted by Gasteiger charge is -2.23. The van der Waals surface area contributed by atoms with E-state index in [1.807, 2.05) is 36.4 Å². The number of hydrogen-bond donors (Lipinski definition) is 0.